The number of hydrogen-bond donors (Lipinski definition) is 0. The summed E-state index contributed by atoms with van der Waals surface area (Å²) >= 11 is 0. The number of para-hydroxylation sites is 1. The van der Waals surface area contributed by atoms with Crippen LogP contribution >= 0.6 is 0 Å². The molecule has 1 aromatic heterocycles. The van der Waals surface area contributed by atoms with E-state index in [1.807, 2.05) is 0 Å². The van der Waals surface area contributed by atoms with Gasteiger partial charge in [-0.1, -0.05) is 152 Å². The van der Waals surface area contributed by atoms with Crippen molar-refractivity contribution in [3.8, 4) is 27.9 Å². The summed E-state index contributed by atoms with van der Waals surface area (Å²) in [6.45, 7) is 0. The molecule has 2 heteroatoms. The molecular formula is C50H34N2. The maximum absolute atomic E-state index is 2.47. The minimum atomic E-state index is 1.10. The van der Waals surface area contributed by atoms with E-state index in [1.54, 1.807) is 0 Å². The summed E-state index contributed by atoms with van der Waals surface area (Å²) in [6, 6.07) is 74.7. The SMILES string of the molecule is c1ccc(-c2ccc3c4ccc(N(c5ccccc5)c5ccc(-c6ccc7ccccc7c6)cc5)cc4n(-c4cccc5ccccc45)c3c2)cc1. The third-order valence-corrected chi connectivity index (χ3v) is 10.3. The fraction of sp³-hybridized carbons (Fsp3) is 0. The van der Waals surface area contributed by atoms with E-state index in [0.717, 1.165) is 17.1 Å². The van der Waals surface area contributed by atoms with E-state index in [0.29, 0.717) is 0 Å². The molecule has 0 bridgehead atoms. The zero-order chi connectivity index (χ0) is 34.4. The maximum Gasteiger partial charge on any atom is 0.0562 e. The van der Waals surface area contributed by atoms with Gasteiger partial charge in [0.15, 0.2) is 0 Å². The molecule has 0 saturated heterocycles. The molecule has 10 rings (SSSR count). The van der Waals surface area contributed by atoms with Gasteiger partial charge in [0.1, 0.15) is 0 Å². The molecular weight excluding hydrogens is 629 g/mol. The van der Waals surface area contributed by atoms with Crippen molar-refractivity contribution in [1.82, 2.24) is 4.57 Å². The monoisotopic (exact) mass is 662 g/mol. The minimum Gasteiger partial charge on any atom is -0.310 e. The molecule has 0 aliphatic carbocycles. The van der Waals surface area contributed by atoms with Crippen LogP contribution < -0.4 is 4.90 Å². The summed E-state index contributed by atoms with van der Waals surface area (Å²) in [5.74, 6) is 0. The van der Waals surface area contributed by atoms with E-state index in [-0.39, 0.29) is 0 Å². The van der Waals surface area contributed by atoms with Gasteiger partial charge in [-0.25, -0.2) is 0 Å². The van der Waals surface area contributed by atoms with Crippen LogP contribution in [0, 0.1) is 0 Å². The lowest BCUT2D eigenvalue weighted by molar-refractivity contribution is 1.19. The van der Waals surface area contributed by atoms with Crippen LogP contribution in [0.2, 0.25) is 0 Å². The van der Waals surface area contributed by atoms with Crippen molar-refractivity contribution < 1.29 is 0 Å². The normalized spacial score (nSPS) is 11.5. The average Bonchev–Trinajstić information content (AvgIpc) is 3.54. The van der Waals surface area contributed by atoms with Crippen LogP contribution in [0.1, 0.15) is 0 Å². The summed E-state index contributed by atoms with van der Waals surface area (Å²) in [6.07, 6.45) is 0. The standard InChI is InChI=1S/C50H34N2/c1-3-12-35(13-4-1)41-26-30-46-47-31-29-44(34-50(47)52(49(46)33-41)48-21-11-17-38-15-9-10-20-45(38)48)51(42-18-5-2-6-19-42)43-27-24-37(25-28-43)40-23-22-36-14-7-8-16-39(36)32-40/h1-34H. The molecule has 52 heavy (non-hydrogen) atoms. The summed E-state index contributed by atoms with van der Waals surface area (Å²) in [7, 11) is 0. The lowest BCUT2D eigenvalue weighted by Gasteiger charge is -2.26. The fourth-order valence-corrected chi connectivity index (χ4v) is 7.82. The van der Waals surface area contributed by atoms with E-state index < -0.39 is 0 Å². The first kappa shape index (κ1) is 30.0. The highest BCUT2D eigenvalue weighted by Crippen LogP contribution is 2.42. The van der Waals surface area contributed by atoms with Crippen molar-refractivity contribution in [2.75, 3.05) is 4.90 Å². The molecule has 0 atom stereocenters. The highest BCUT2D eigenvalue weighted by atomic mass is 15.1. The Morgan fingerprint density at radius 3 is 1.63 bits per heavy atom. The highest BCUT2D eigenvalue weighted by Gasteiger charge is 2.19. The van der Waals surface area contributed by atoms with Crippen molar-refractivity contribution >= 4 is 60.4 Å². The number of anilines is 3. The van der Waals surface area contributed by atoms with Gasteiger partial charge in [0.2, 0.25) is 0 Å². The van der Waals surface area contributed by atoms with E-state index in [4.69, 9.17) is 0 Å². The van der Waals surface area contributed by atoms with Crippen LogP contribution in [0.3, 0.4) is 0 Å². The van der Waals surface area contributed by atoms with E-state index >= 15 is 0 Å². The Labute approximate surface area is 303 Å². The quantitative estimate of drug-likeness (QED) is 0.172. The van der Waals surface area contributed by atoms with E-state index in [2.05, 4.69) is 216 Å². The summed E-state index contributed by atoms with van der Waals surface area (Å²) in [5.41, 5.74) is 11.7. The highest BCUT2D eigenvalue weighted by molar-refractivity contribution is 6.12. The molecule has 244 valence electrons. The van der Waals surface area contributed by atoms with E-state index in [1.165, 1.54) is 71.3 Å². The molecule has 0 N–H and O–H groups in total. The second kappa shape index (κ2) is 12.5. The number of benzene rings is 9. The first-order valence-corrected chi connectivity index (χ1v) is 17.8. The van der Waals surface area contributed by atoms with Gasteiger partial charge in [0.25, 0.3) is 0 Å². The number of aromatic nitrogens is 1. The Morgan fingerprint density at radius 2 is 0.827 bits per heavy atom. The van der Waals surface area contributed by atoms with Crippen LogP contribution in [0.15, 0.2) is 206 Å². The molecule has 0 amide bonds. The molecule has 0 saturated carbocycles. The van der Waals surface area contributed by atoms with Gasteiger partial charge < -0.3 is 9.47 Å². The van der Waals surface area contributed by atoms with Crippen molar-refractivity contribution in [3.63, 3.8) is 0 Å². The Balaban J connectivity index is 1.17. The molecule has 0 aliphatic heterocycles. The topological polar surface area (TPSA) is 8.17 Å². The molecule has 0 radical (unpaired) electrons. The lowest BCUT2D eigenvalue weighted by Crippen LogP contribution is -2.10. The Hall–Kier alpha value is -6.90. The lowest BCUT2D eigenvalue weighted by atomic mass is 10.0. The molecule has 0 unspecified atom stereocenters. The first-order valence-electron chi connectivity index (χ1n) is 17.8. The molecule has 2 nitrogen and oxygen atoms in total. The zero-order valence-electron chi connectivity index (χ0n) is 28.5. The molecule has 0 aliphatic rings. The van der Waals surface area contributed by atoms with Gasteiger partial charge in [-0.05, 0) is 93.0 Å². The third-order valence-electron chi connectivity index (χ3n) is 10.3. The second-order valence-corrected chi connectivity index (χ2v) is 13.4. The van der Waals surface area contributed by atoms with Crippen molar-refractivity contribution in [2.45, 2.75) is 0 Å². The Kier molecular flexibility index (Phi) is 7.18. The Morgan fingerprint density at radius 1 is 0.288 bits per heavy atom. The van der Waals surface area contributed by atoms with Crippen LogP contribution in [-0.2, 0) is 0 Å². The van der Waals surface area contributed by atoms with Gasteiger partial charge in [-0.3, -0.25) is 0 Å². The van der Waals surface area contributed by atoms with Crippen LogP contribution in [0.25, 0.3) is 71.3 Å². The molecule has 1 heterocycles. The van der Waals surface area contributed by atoms with Crippen LogP contribution in [0.5, 0.6) is 0 Å². The van der Waals surface area contributed by atoms with Crippen LogP contribution in [-0.4, -0.2) is 4.57 Å². The molecule has 9 aromatic carbocycles. The number of fused-ring (bicyclic) bond motifs is 5. The minimum absolute atomic E-state index is 1.10. The Bertz CT molecular complexity index is 2880. The van der Waals surface area contributed by atoms with Crippen molar-refractivity contribution in [2.24, 2.45) is 0 Å². The number of nitrogens with zero attached hydrogens (tertiary/aromatic N) is 2. The fourth-order valence-electron chi connectivity index (χ4n) is 7.82. The maximum atomic E-state index is 2.47. The predicted molar refractivity (Wildman–Crippen MR) is 221 cm³/mol. The summed E-state index contributed by atoms with van der Waals surface area (Å²) in [5, 5.41) is 7.42. The van der Waals surface area contributed by atoms with Crippen LogP contribution in [0.4, 0.5) is 17.1 Å². The number of hydrogen-bond acceptors (Lipinski definition) is 1. The predicted octanol–water partition coefficient (Wildman–Crippen LogP) is 13.9. The molecule has 10 aromatic rings. The van der Waals surface area contributed by atoms with Gasteiger partial charge >= 0.3 is 0 Å². The van der Waals surface area contributed by atoms with Crippen molar-refractivity contribution in [1.29, 1.82) is 0 Å². The second-order valence-electron chi connectivity index (χ2n) is 13.4. The largest absolute Gasteiger partial charge is 0.310 e. The smallest absolute Gasteiger partial charge is 0.0562 e. The number of rotatable bonds is 6. The van der Waals surface area contributed by atoms with Gasteiger partial charge in [0.05, 0.1) is 16.7 Å². The average molecular weight is 663 g/mol. The van der Waals surface area contributed by atoms with E-state index in [9.17, 15) is 0 Å². The summed E-state index contributed by atoms with van der Waals surface area (Å²) in [4.78, 5) is 2.37. The first-order chi connectivity index (χ1) is 25.8. The zero-order valence-corrected chi connectivity index (χ0v) is 28.5. The van der Waals surface area contributed by atoms with Gasteiger partial charge in [0, 0.05) is 33.2 Å². The third kappa shape index (κ3) is 5.12. The van der Waals surface area contributed by atoms with Gasteiger partial charge in [-0.2, -0.15) is 0 Å². The summed E-state index contributed by atoms with van der Waals surface area (Å²) < 4.78 is 2.47. The van der Waals surface area contributed by atoms with Gasteiger partial charge in [-0.15, -0.1) is 0 Å². The molecule has 0 fully saturated rings. The van der Waals surface area contributed by atoms with Crippen molar-refractivity contribution in [3.05, 3.63) is 206 Å². The molecule has 0 spiro atoms.